The first-order valence-corrected chi connectivity index (χ1v) is 10.1. The number of aryl methyl sites for hydroxylation is 2. The topological polar surface area (TPSA) is 58.9 Å². The number of nitrogens with zero attached hydrogens (tertiary/aromatic N) is 5. The molecule has 0 radical (unpaired) electrons. The Labute approximate surface area is 166 Å². The first-order chi connectivity index (χ1) is 13.7. The molecular formula is C22H28N6. The van der Waals surface area contributed by atoms with Crippen molar-refractivity contribution in [2.24, 2.45) is 0 Å². The number of pyridine rings is 2. The van der Waals surface area contributed by atoms with Gasteiger partial charge in [0.25, 0.3) is 0 Å². The van der Waals surface area contributed by atoms with Crippen molar-refractivity contribution in [3.05, 3.63) is 65.7 Å². The van der Waals surface area contributed by atoms with E-state index in [0.29, 0.717) is 5.92 Å². The van der Waals surface area contributed by atoms with Gasteiger partial charge >= 0.3 is 0 Å². The fourth-order valence-corrected chi connectivity index (χ4v) is 3.85. The molecule has 1 aliphatic rings. The smallest absolute Gasteiger partial charge is 0.134 e. The fourth-order valence-electron chi connectivity index (χ4n) is 3.85. The van der Waals surface area contributed by atoms with Crippen molar-refractivity contribution in [3.63, 3.8) is 0 Å². The number of hydrogen-bond acceptors (Lipinski definition) is 5. The minimum absolute atomic E-state index is 0.460. The van der Waals surface area contributed by atoms with Crippen molar-refractivity contribution < 1.29 is 0 Å². The highest BCUT2D eigenvalue weighted by Crippen LogP contribution is 2.28. The average Bonchev–Trinajstić information content (AvgIpc) is 3.18. The first kappa shape index (κ1) is 18.6. The Balaban J connectivity index is 1.44. The van der Waals surface area contributed by atoms with Crippen LogP contribution in [-0.2, 0) is 13.1 Å². The molecule has 1 N–H and O–H groups in total. The van der Waals surface area contributed by atoms with Gasteiger partial charge in [-0.25, -0.2) is 9.97 Å². The van der Waals surface area contributed by atoms with E-state index in [1.165, 1.54) is 18.4 Å². The average molecular weight is 377 g/mol. The maximum atomic E-state index is 4.90. The summed E-state index contributed by atoms with van der Waals surface area (Å²) in [5.41, 5.74) is 3.57. The van der Waals surface area contributed by atoms with Crippen LogP contribution in [0.15, 0.2) is 48.9 Å². The molecule has 0 aromatic carbocycles. The monoisotopic (exact) mass is 376 g/mol. The molecule has 3 aromatic heterocycles. The maximum Gasteiger partial charge on any atom is 0.134 e. The molecule has 0 saturated carbocycles. The molecule has 0 amide bonds. The van der Waals surface area contributed by atoms with Crippen LogP contribution in [0.2, 0.25) is 0 Å². The second kappa shape index (κ2) is 8.52. The third-order valence-electron chi connectivity index (χ3n) is 5.37. The van der Waals surface area contributed by atoms with Crippen molar-refractivity contribution in [1.82, 2.24) is 24.6 Å². The quantitative estimate of drug-likeness (QED) is 0.701. The minimum atomic E-state index is 0.460. The second-order valence-electron chi connectivity index (χ2n) is 7.52. The Hall–Kier alpha value is -2.73. The largest absolute Gasteiger partial charge is 0.325 e. The van der Waals surface area contributed by atoms with Crippen LogP contribution in [-0.4, -0.2) is 37.7 Å². The van der Waals surface area contributed by atoms with Gasteiger partial charge in [0, 0.05) is 49.2 Å². The third-order valence-corrected chi connectivity index (χ3v) is 5.37. The summed E-state index contributed by atoms with van der Waals surface area (Å²) in [6, 6.07) is 10.3. The highest BCUT2D eigenvalue weighted by Gasteiger charge is 2.23. The van der Waals surface area contributed by atoms with Gasteiger partial charge in [-0.15, -0.1) is 0 Å². The lowest BCUT2D eigenvalue weighted by Crippen LogP contribution is -2.34. The van der Waals surface area contributed by atoms with Crippen molar-refractivity contribution in [1.29, 1.82) is 0 Å². The number of hydrogen-bond donors (Lipinski definition) is 1. The molecule has 4 rings (SSSR count). The van der Waals surface area contributed by atoms with Gasteiger partial charge in [0.1, 0.15) is 11.6 Å². The van der Waals surface area contributed by atoms with Crippen LogP contribution < -0.4 is 5.32 Å². The Morgan fingerprint density at radius 3 is 2.96 bits per heavy atom. The molecule has 1 fully saturated rings. The van der Waals surface area contributed by atoms with Crippen LogP contribution >= 0.6 is 0 Å². The minimum Gasteiger partial charge on any atom is -0.325 e. The lowest BCUT2D eigenvalue weighted by molar-refractivity contribution is 0.198. The van der Waals surface area contributed by atoms with Crippen LogP contribution in [0.5, 0.6) is 0 Å². The third kappa shape index (κ3) is 4.39. The number of anilines is 2. The van der Waals surface area contributed by atoms with E-state index in [4.69, 9.17) is 4.98 Å². The zero-order chi connectivity index (χ0) is 19.3. The molecule has 28 heavy (non-hydrogen) atoms. The zero-order valence-corrected chi connectivity index (χ0v) is 16.7. The fraction of sp³-hybridized carbons (Fsp3) is 0.409. The maximum absolute atomic E-state index is 4.90. The summed E-state index contributed by atoms with van der Waals surface area (Å²) in [5.74, 6) is 2.19. The molecule has 0 aliphatic carbocycles. The van der Waals surface area contributed by atoms with E-state index in [2.05, 4.69) is 58.5 Å². The number of aromatic nitrogens is 4. The summed E-state index contributed by atoms with van der Waals surface area (Å²) in [5, 5.41) is 7.76. The van der Waals surface area contributed by atoms with E-state index >= 15 is 0 Å². The molecule has 6 heteroatoms. The predicted octanol–water partition coefficient (Wildman–Crippen LogP) is 4.12. The van der Waals surface area contributed by atoms with Crippen LogP contribution in [0, 0.1) is 6.92 Å². The second-order valence-corrected chi connectivity index (χ2v) is 7.52. The molecule has 4 heterocycles. The number of likely N-dealkylation sites (tertiary alicyclic amines) is 1. The summed E-state index contributed by atoms with van der Waals surface area (Å²) < 4.78 is 1.99. The summed E-state index contributed by atoms with van der Waals surface area (Å²) in [6.45, 7) is 8.23. The van der Waals surface area contributed by atoms with E-state index in [1.807, 2.05) is 23.0 Å². The summed E-state index contributed by atoms with van der Waals surface area (Å²) >= 11 is 0. The van der Waals surface area contributed by atoms with Gasteiger partial charge < -0.3 is 5.32 Å². The molecule has 6 nitrogen and oxygen atoms in total. The van der Waals surface area contributed by atoms with Crippen LogP contribution in [0.1, 0.15) is 42.5 Å². The summed E-state index contributed by atoms with van der Waals surface area (Å²) in [6.07, 6.45) is 8.33. The van der Waals surface area contributed by atoms with Crippen LogP contribution in [0.4, 0.5) is 11.6 Å². The van der Waals surface area contributed by atoms with Gasteiger partial charge in [-0.1, -0.05) is 12.1 Å². The summed E-state index contributed by atoms with van der Waals surface area (Å²) in [7, 11) is 0. The van der Waals surface area contributed by atoms with E-state index in [0.717, 1.165) is 49.1 Å². The number of piperidine rings is 1. The molecule has 0 spiro atoms. The Kier molecular flexibility index (Phi) is 5.67. The van der Waals surface area contributed by atoms with Crippen molar-refractivity contribution in [2.45, 2.75) is 45.7 Å². The van der Waals surface area contributed by atoms with Crippen LogP contribution in [0.25, 0.3) is 0 Å². The van der Waals surface area contributed by atoms with Gasteiger partial charge in [-0.05, 0) is 57.0 Å². The van der Waals surface area contributed by atoms with Gasteiger partial charge in [-0.2, -0.15) is 5.10 Å². The van der Waals surface area contributed by atoms with Gasteiger partial charge in [0.15, 0.2) is 0 Å². The highest BCUT2D eigenvalue weighted by molar-refractivity contribution is 5.55. The van der Waals surface area contributed by atoms with E-state index in [9.17, 15) is 0 Å². The molecule has 0 bridgehead atoms. The molecular weight excluding hydrogens is 348 g/mol. The first-order valence-electron chi connectivity index (χ1n) is 10.1. The van der Waals surface area contributed by atoms with Crippen LogP contribution in [0.3, 0.4) is 0 Å². The zero-order valence-electron chi connectivity index (χ0n) is 16.7. The van der Waals surface area contributed by atoms with E-state index < -0.39 is 0 Å². The normalized spacial score (nSPS) is 17.6. The lowest BCUT2D eigenvalue weighted by atomic mass is 9.94. The molecule has 1 saturated heterocycles. The Morgan fingerprint density at radius 2 is 2.14 bits per heavy atom. The predicted molar refractivity (Wildman–Crippen MR) is 112 cm³/mol. The molecule has 1 aliphatic heterocycles. The van der Waals surface area contributed by atoms with E-state index in [1.54, 1.807) is 6.20 Å². The lowest BCUT2D eigenvalue weighted by Gasteiger charge is -2.32. The SMILES string of the molecule is CCn1cc(CN2CCC[C@@H](c3cccc(Nc4ncccc4C)n3)C2)cn1. The molecule has 0 unspecified atom stereocenters. The molecule has 1 atom stereocenters. The Bertz CT molecular complexity index is 919. The molecule has 3 aromatic rings. The highest BCUT2D eigenvalue weighted by atomic mass is 15.3. The summed E-state index contributed by atoms with van der Waals surface area (Å²) in [4.78, 5) is 11.8. The van der Waals surface area contributed by atoms with Crippen molar-refractivity contribution in [3.8, 4) is 0 Å². The number of nitrogens with one attached hydrogen (secondary N) is 1. The van der Waals surface area contributed by atoms with Gasteiger partial charge in [-0.3, -0.25) is 9.58 Å². The van der Waals surface area contributed by atoms with Gasteiger partial charge in [0.05, 0.1) is 6.20 Å². The van der Waals surface area contributed by atoms with Gasteiger partial charge in [0.2, 0.25) is 0 Å². The molecule has 146 valence electrons. The van der Waals surface area contributed by atoms with Crippen molar-refractivity contribution in [2.75, 3.05) is 18.4 Å². The standard InChI is InChI=1S/C22H28N6/c1-3-28-15-18(13-24-28)14-27-12-6-8-19(16-27)20-9-4-10-21(25-20)26-22-17(2)7-5-11-23-22/h4-5,7,9-11,13,15,19H,3,6,8,12,14,16H2,1-2H3,(H,23,25,26)/t19-/m1/s1. The number of rotatable bonds is 6. The van der Waals surface area contributed by atoms with E-state index in [-0.39, 0.29) is 0 Å². The Morgan fingerprint density at radius 1 is 1.21 bits per heavy atom. The van der Waals surface area contributed by atoms with Crippen molar-refractivity contribution >= 4 is 11.6 Å².